The Kier molecular flexibility index (Phi) is 4.95. The van der Waals surface area contributed by atoms with Gasteiger partial charge in [0.1, 0.15) is 0 Å². The third kappa shape index (κ3) is 3.96. The van der Waals surface area contributed by atoms with Gasteiger partial charge < -0.3 is 14.8 Å². The Morgan fingerprint density at radius 1 is 1.44 bits per heavy atom. The number of aromatic nitrogens is 3. The van der Waals surface area contributed by atoms with Gasteiger partial charge in [-0.15, -0.1) is 0 Å². The first kappa shape index (κ1) is 13.3. The molecule has 1 aliphatic heterocycles. The number of halogens is 1. The summed E-state index contributed by atoms with van der Waals surface area (Å²) in [5.74, 6) is 0.441. The van der Waals surface area contributed by atoms with Crippen molar-refractivity contribution in [3.05, 3.63) is 5.28 Å². The van der Waals surface area contributed by atoms with Crippen LogP contribution in [-0.4, -0.2) is 40.8 Å². The lowest BCUT2D eigenvalue weighted by molar-refractivity contribution is 0.0873. The van der Waals surface area contributed by atoms with Crippen LogP contribution < -0.4 is 10.1 Å². The van der Waals surface area contributed by atoms with Gasteiger partial charge in [-0.1, -0.05) is 6.92 Å². The van der Waals surface area contributed by atoms with E-state index < -0.39 is 0 Å². The first-order valence-electron chi connectivity index (χ1n) is 6.16. The van der Waals surface area contributed by atoms with Crippen LogP contribution in [0.15, 0.2) is 0 Å². The highest BCUT2D eigenvalue weighted by Crippen LogP contribution is 2.15. The molecule has 0 spiro atoms. The number of nitrogens with zero attached hydrogens (tertiary/aromatic N) is 3. The number of rotatable bonds is 5. The Bertz CT molecular complexity index is 385. The van der Waals surface area contributed by atoms with Crippen molar-refractivity contribution in [2.75, 3.05) is 25.1 Å². The maximum atomic E-state index is 5.83. The molecule has 0 aliphatic carbocycles. The van der Waals surface area contributed by atoms with Gasteiger partial charge in [-0.05, 0) is 30.9 Å². The second kappa shape index (κ2) is 6.70. The Morgan fingerprint density at radius 3 is 3.06 bits per heavy atom. The van der Waals surface area contributed by atoms with Crippen molar-refractivity contribution in [2.24, 2.45) is 0 Å². The van der Waals surface area contributed by atoms with Crippen LogP contribution in [0.25, 0.3) is 0 Å². The lowest BCUT2D eigenvalue weighted by Crippen LogP contribution is -2.30. The van der Waals surface area contributed by atoms with Crippen molar-refractivity contribution in [3.8, 4) is 6.01 Å². The van der Waals surface area contributed by atoms with Crippen LogP contribution in [0.2, 0.25) is 5.28 Å². The minimum absolute atomic E-state index is 0.135. The largest absolute Gasteiger partial charge is 0.463 e. The van der Waals surface area contributed by atoms with E-state index in [2.05, 4.69) is 20.3 Å². The van der Waals surface area contributed by atoms with E-state index in [4.69, 9.17) is 21.1 Å². The predicted octanol–water partition coefficient (Wildman–Crippen LogP) is 1.90. The molecule has 1 unspecified atom stereocenters. The maximum absolute atomic E-state index is 5.83. The summed E-state index contributed by atoms with van der Waals surface area (Å²) in [4.78, 5) is 12.1. The van der Waals surface area contributed by atoms with Crippen molar-refractivity contribution < 1.29 is 9.47 Å². The van der Waals surface area contributed by atoms with E-state index in [1.807, 2.05) is 6.92 Å². The van der Waals surface area contributed by atoms with Gasteiger partial charge in [0.2, 0.25) is 11.2 Å². The number of nitrogens with one attached hydrogen (secondary N) is 1. The molecule has 6 nitrogen and oxygen atoms in total. The molecular weight excluding hydrogens is 256 g/mol. The summed E-state index contributed by atoms with van der Waals surface area (Å²) in [5.41, 5.74) is 0. The molecule has 100 valence electrons. The molecule has 7 heteroatoms. The molecule has 0 radical (unpaired) electrons. The first-order chi connectivity index (χ1) is 8.78. The van der Waals surface area contributed by atoms with Gasteiger partial charge >= 0.3 is 6.01 Å². The summed E-state index contributed by atoms with van der Waals surface area (Å²) in [6.45, 7) is 4.06. The van der Waals surface area contributed by atoms with Crippen molar-refractivity contribution >= 4 is 17.5 Å². The van der Waals surface area contributed by atoms with Gasteiger partial charge in [0, 0.05) is 6.61 Å². The topological polar surface area (TPSA) is 69.2 Å². The molecular formula is C11H17ClN4O2. The highest BCUT2D eigenvalue weighted by atomic mass is 35.5. The molecule has 1 aromatic rings. The van der Waals surface area contributed by atoms with E-state index in [9.17, 15) is 0 Å². The van der Waals surface area contributed by atoms with Gasteiger partial charge in [0.15, 0.2) is 0 Å². The van der Waals surface area contributed by atoms with Crippen molar-refractivity contribution in [1.29, 1.82) is 0 Å². The molecule has 1 aromatic heterocycles. The molecule has 1 N–H and O–H groups in total. The average Bonchev–Trinajstić information content (AvgIpc) is 2.37. The zero-order chi connectivity index (χ0) is 12.8. The summed E-state index contributed by atoms with van der Waals surface area (Å²) in [6.07, 6.45) is 2.96. The van der Waals surface area contributed by atoms with Crippen molar-refractivity contribution in [3.63, 3.8) is 0 Å². The summed E-state index contributed by atoms with van der Waals surface area (Å²) in [7, 11) is 0. The van der Waals surface area contributed by atoms with Gasteiger partial charge in [-0.25, -0.2) is 0 Å². The smallest absolute Gasteiger partial charge is 0.322 e. The predicted molar refractivity (Wildman–Crippen MR) is 68.1 cm³/mol. The quantitative estimate of drug-likeness (QED) is 0.883. The van der Waals surface area contributed by atoms with E-state index >= 15 is 0 Å². The van der Waals surface area contributed by atoms with E-state index in [0.717, 1.165) is 25.9 Å². The van der Waals surface area contributed by atoms with Crippen LogP contribution in [-0.2, 0) is 4.74 Å². The van der Waals surface area contributed by atoms with Crippen LogP contribution in [0.3, 0.4) is 0 Å². The monoisotopic (exact) mass is 272 g/mol. The van der Waals surface area contributed by atoms with E-state index in [0.29, 0.717) is 19.2 Å². The fourth-order valence-electron chi connectivity index (χ4n) is 1.69. The van der Waals surface area contributed by atoms with Crippen LogP contribution in [0.1, 0.15) is 26.2 Å². The second-order valence-corrected chi connectivity index (χ2v) is 4.46. The molecule has 0 aromatic carbocycles. The average molecular weight is 273 g/mol. The highest BCUT2D eigenvalue weighted by molar-refractivity contribution is 6.28. The minimum atomic E-state index is 0.135. The molecule has 18 heavy (non-hydrogen) atoms. The van der Waals surface area contributed by atoms with Gasteiger partial charge in [0.05, 0.1) is 19.3 Å². The normalized spacial score (nSPS) is 19.6. The summed E-state index contributed by atoms with van der Waals surface area (Å²) < 4.78 is 10.7. The number of hydrogen-bond donors (Lipinski definition) is 1. The molecule has 2 heterocycles. The Morgan fingerprint density at radius 2 is 2.33 bits per heavy atom. The fourth-order valence-corrected chi connectivity index (χ4v) is 1.84. The summed E-state index contributed by atoms with van der Waals surface area (Å²) in [5, 5.41) is 3.32. The van der Waals surface area contributed by atoms with E-state index in [1.54, 1.807) is 0 Å². The lowest BCUT2D eigenvalue weighted by Gasteiger charge is -2.23. The van der Waals surface area contributed by atoms with E-state index in [-0.39, 0.29) is 17.3 Å². The molecule has 1 fully saturated rings. The third-order valence-corrected chi connectivity index (χ3v) is 2.69. The second-order valence-electron chi connectivity index (χ2n) is 4.12. The molecule has 1 saturated heterocycles. The highest BCUT2D eigenvalue weighted by Gasteiger charge is 2.15. The van der Waals surface area contributed by atoms with Crippen molar-refractivity contribution in [1.82, 2.24) is 15.0 Å². The standard InChI is InChI=1S/C11H17ClN4O2/c1-2-5-18-11-15-9(12)14-10(16-11)13-8-4-3-6-17-7-8/h8H,2-7H2,1H3,(H,13,14,15,16). The summed E-state index contributed by atoms with van der Waals surface area (Å²) >= 11 is 5.83. The van der Waals surface area contributed by atoms with Gasteiger partial charge in [0.25, 0.3) is 0 Å². The minimum Gasteiger partial charge on any atom is -0.463 e. The third-order valence-electron chi connectivity index (χ3n) is 2.52. The number of hydrogen-bond acceptors (Lipinski definition) is 6. The maximum Gasteiger partial charge on any atom is 0.322 e. The Hall–Kier alpha value is -1.14. The molecule has 0 bridgehead atoms. The van der Waals surface area contributed by atoms with Crippen LogP contribution >= 0.6 is 11.6 Å². The first-order valence-corrected chi connectivity index (χ1v) is 6.54. The SMILES string of the molecule is CCCOc1nc(Cl)nc(NC2CCCOC2)n1. The zero-order valence-corrected chi connectivity index (χ0v) is 11.1. The Balaban J connectivity index is 1.99. The molecule has 0 saturated carbocycles. The number of anilines is 1. The van der Waals surface area contributed by atoms with Gasteiger partial charge in [-0.2, -0.15) is 15.0 Å². The molecule has 1 atom stereocenters. The molecule has 0 amide bonds. The van der Waals surface area contributed by atoms with Crippen LogP contribution in [0.5, 0.6) is 6.01 Å². The zero-order valence-electron chi connectivity index (χ0n) is 10.4. The Labute approximate surface area is 111 Å². The molecule has 1 aliphatic rings. The summed E-state index contributed by atoms with van der Waals surface area (Å²) in [6, 6.07) is 0.479. The van der Waals surface area contributed by atoms with Crippen LogP contribution in [0, 0.1) is 0 Å². The van der Waals surface area contributed by atoms with Crippen LogP contribution in [0.4, 0.5) is 5.95 Å². The fraction of sp³-hybridized carbons (Fsp3) is 0.727. The lowest BCUT2D eigenvalue weighted by atomic mass is 10.1. The van der Waals surface area contributed by atoms with Crippen molar-refractivity contribution in [2.45, 2.75) is 32.2 Å². The van der Waals surface area contributed by atoms with E-state index in [1.165, 1.54) is 0 Å². The molecule has 2 rings (SSSR count). The van der Waals surface area contributed by atoms with Gasteiger partial charge in [-0.3, -0.25) is 0 Å². The number of ether oxygens (including phenoxy) is 2.